The van der Waals surface area contributed by atoms with Gasteiger partial charge in [-0.3, -0.25) is 9.69 Å². The van der Waals surface area contributed by atoms with Crippen LogP contribution in [0.5, 0.6) is 0 Å². The van der Waals surface area contributed by atoms with Crippen LogP contribution in [-0.2, 0) is 9.53 Å². The van der Waals surface area contributed by atoms with E-state index in [0.717, 1.165) is 39.3 Å². The molecule has 1 aliphatic heterocycles. The Bertz CT molecular complexity index is 217. The first kappa shape index (κ1) is 12.4. The van der Waals surface area contributed by atoms with Crippen molar-refractivity contribution in [1.82, 2.24) is 10.2 Å². The van der Waals surface area contributed by atoms with E-state index in [1.807, 2.05) is 6.92 Å². The number of rotatable bonds is 5. The summed E-state index contributed by atoms with van der Waals surface area (Å²) in [6, 6.07) is 0. The average Bonchev–Trinajstić information content (AvgIpc) is 2.27. The van der Waals surface area contributed by atoms with E-state index >= 15 is 0 Å². The first-order valence-corrected chi connectivity index (χ1v) is 5.37. The lowest BCUT2D eigenvalue weighted by Gasteiger charge is -2.31. The number of carbonyl (C=O) groups excluding carboxylic acids is 1. The van der Waals surface area contributed by atoms with Crippen molar-refractivity contribution in [3.8, 4) is 0 Å². The lowest BCUT2D eigenvalue weighted by Crippen LogP contribution is -2.53. The van der Waals surface area contributed by atoms with Crippen molar-refractivity contribution in [2.75, 3.05) is 39.9 Å². The second kappa shape index (κ2) is 5.44. The molecule has 0 spiro atoms. The Hall–Kier alpha value is -0.650. The number of nitrogens with two attached hydrogens (primary N) is 1. The molecular weight excluding hydrogens is 194 g/mol. The largest absolute Gasteiger partial charge is 0.379 e. The number of carbonyl (C=O) groups is 1. The van der Waals surface area contributed by atoms with Crippen molar-refractivity contribution in [3.63, 3.8) is 0 Å². The van der Waals surface area contributed by atoms with Crippen LogP contribution in [0.15, 0.2) is 0 Å². The molecule has 88 valence electrons. The Morgan fingerprint density at radius 1 is 1.53 bits per heavy atom. The molecule has 1 atom stereocenters. The zero-order valence-corrected chi connectivity index (χ0v) is 9.58. The summed E-state index contributed by atoms with van der Waals surface area (Å²) in [5, 5.41) is 2.99. The number of ether oxygens (including phenoxy) is 1. The topological polar surface area (TPSA) is 67.6 Å². The molecule has 1 unspecified atom stereocenters. The minimum absolute atomic E-state index is 0.293. The number of primary amides is 1. The highest BCUT2D eigenvalue weighted by Gasteiger charge is 2.29. The van der Waals surface area contributed by atoms with Crippen molar-refractivity contribution in [2.45, 2.75) is 18.9 Å². The van der Waals surface area contributed by atoms with Gasteiger partial charge in [0.1, 0.15) is 0 Å². The molecule has 0 aromatic heterocycles. The van der Waals surface area contributed by atoms with E-state index in [4.69, 9.17) is 10.5 Å². The third-order valence-corrected chi connectivity index (χ3v) is 3.13. The molecule has 0 saturated carbocycles. The van der Waals surface area contributed by atoms with Crippen LogP contribution >= 0.6 is 0 Å². The molecule has 0 aliphatic carbocycles. The number of amides is 1. The summed E-state index contributed by atoms with van der Waals surface area (Å²) in [6.45, 7) is 6.18. The van der Waals surface area contributed by atoms with Crippen LogP contribution in [0.1, 0.15) is 13.3 Å². The zero-order valence-electron chi connectivity index (χ0n) is 9.58. The van der Waals surface area contributed by atoms with Gasteiger partial charge in [-0.15, -0.1) is 0 Å². The van der Waals surface area contributed by atoms with E-state index in [1.165, 1.54) is 0 Å². The highest BCUT2D eigenvalue weighted by Crippen LogP contribution is 2.10. The second-order valence-corrected chi connectivity index (χ2v) is 4.15. The summed E-state index contributed by atoms with van der Waals surface area (Å²) in [4.78, 5) is 13.5. The van der Waals surface area contributed by atoms with Crippen molar-refractivity contribution >= 4 is 5.91 Å². The third-order valence-electron chi connectivity index (χ3n) is 3.13. The molecule has 0 aromatic carbocycles. The molecule has 5 nitrogen and oxygen atoms in total. The van der Waals surface area contributed by atoms with Crippen molar-refractivity contribution in [1.29, 1.82) is 0 Å². The highest BCUT2D eigenvalue weighted by molar-refractivity contribution is 5.84. The molecule has 1 fully saturated rings. The monoisotopic (exact) mass is 215 g/mol. The lowest BCUT2D eigenvalue weighted by atomic mass is 9.97. The van der Waals surface area contributed by atoms with Crippen LogP contribution < -0.4 is 11.1 Å². The molecule has 15 heavy (non-hydrogen) atoms. The van der Waals surface area contributed by atoms with Gasteiger partial charge < -0.3 is 15.8 Å². The van der Waals surface area contributed by atoms with Gasteiger partial charge in [0.25, 0.3) is 0 Å². The Morgan fingerprint density at radius 3 is 2.60 bits per heavy atom. The Labute approximate surface area is 90.9 Å². The number of nitrogens with zero attached hydrogens (tertiary/aromatic N) is 1. The maximum absolute atomic E-state index is 11.2. The van der Waals surface area contributed by atoms with Gasteiger partial charge in [0.2, 0.25) is 5.91 Å². The number of hydrogen-bond donors (Lipinski definition) is 2. The molecule has 1 heterocycles. The van der Waals surface area contributed by atoms with Gasteiger partial charge in [-0.25, -0.2) is 0 Å². The van der Waals surface area contributed by atoms with Crippen LogP contribution in [0.25, 0.3) is 0 Å². The van der Waals surface area contributed by atoms with E-state index in [0.29, 0.717) is 0 Å². The van der Waals surface area contributed by atoms with Crippen molar-refractivity contribution in [2.24, 2.45) is 5.73 Å². The van der Waals surface area contributed by atoms with Gasteiger partial charge in [0, 0.05) is 19.6 Å². The summed E-state index contributed by atoms with van der Waals surface area (Å²) in [5.74, 6) is -0.293. The minimum atomic E-state index is -0.599. The number of hydrogen-bond acceptors (Lipinski definition) is 4. The quantitative estimate of drug-likeness (QED) is 0.628. The average molecular weight is 215 g/mol. The minimum Gasteiger partial charge on any atom is -0.379 e. The van der Waals surface area contributed by atoms with Crippen LogP contribution in [-0.4, -0.2) is 56.2 Å². The molecule has 1 aliphatic rings. The van der Waals surface area contributed by atoms with E-state index in [9.17, 15) is 4.79 Å². The van der Waals surface area contributed by atoms with Crippen molar-refractivity contribution in [3.05, 3.63) is 0 Å². The first-order chi connectivity index (χ1) is 7.08. The molecule has 0 bridgehead atoms. The molecule has 0 radical (unpaired) electrons. The summed E-state index contributed by atoms with van der Waals surface area (Å²) in [6.07, 6.45) is 0.735. The van der Waals surface area contributed by atoms with E-state index < -0.39 is 5.54 Å². The number of morpholine rings is 1. The van der Waals surface area contributed by atoms with Crippen molar-refractivity contribution < 1.29 is 9.53 Å². The number of likely N-dealkylation sites (N-methyl/N-ethyl adjacent to an activating group) is 1. The third kappa shape index (κ3) is 3.44. The summed E-state index contributed by atoms with van der Waals surface area (Å²) >= 11 is 0. The molecule has 3 N–H and O–H groups in total. The lowest BCUT2D eigenvalue weighted by molar-refractivity contribution is -0.124. The van der Waals surface area contributed by atoms with Crippen LogP contribution in [0.3, 0.4) is 0 Å². The maximum Gasteiger partial charge on any atom is 0.237 e. The maximum atomic E-state index is 11.2. The summed E-state index contributed by atoms with van der Waals surface area (Å²) in [7, 11) is 1.77. The smallest absolute Gasteiger partial charge is 0.237 e. The fourth-order valence-corrected chi connectivity index (χ4v) is 1.58. The van der Waals surface area contributed by atoms with Gasteiger partial charge >= 0.3 is 0 Å². The SMILES string of the molecule is CNC(C)(CCN1CCOCC1)C(N)=O. The zero-order chi connectivity index (χ0) is 11.3. The van der Waals surface area contributed by atoms with Crippen LogP contribution in [0.2, 0.25) is 0 Å². The van der Waals surface area contributed by atoms with E-state index in [1.54, 1.807) is 7.05 Å². The molecule has 0 aromatic rings. The van der Waals surface area contributed by atoms with Crippen LogP contribution in [0.4, 0.5) is 0 Å². The Kier molecular flexibility index (Phi) is 4.50. The molecule has 1 saturated heterocycles. The van der Waals surface area contributed by atoms with E-state index in [2.05, 4.69) is 10.2 Å². The summed E-state index contributed by atoms with van der Waals surface area (Å²) in [5.41, 5.74) is 4.75. The molecule has 1 rings (SSSR count). The highest BCUT2D eigenvalue weighted by atomic mass is 16.5. The Morgan fingerprint density at radius 2 is 2.13 bits per heavy atom. The molecule has 5 heteroatoms. The fourth-order valence-electron chi connectivity index (χ4n) is 1.58. The Balaban J connectivity index is 2.36. The fraction of sp³-hybridized carbons (Fsp3) is 0.900. The normalized spacial score (nSPS) is 22.3. The van der Waals surface area contributed by atoms with Gasteiger partial charge in [-0.2, -0.15) is 0 Å². The predicted octanol–water partition coefficient (Wildman–Crippen LogP) is -0.828. The van der Waals surface area contributed by atoms with Gasteiger partial charge in [0.15, 0.2) is 0 Å². The predicted molar refractivity (Wildman–Crippen MR) is 58.5 cm³/mol. The molecule has 1 amide bonds. The number of nitrogens with one attached hydrogen (secondary N) is 1. The first-order valence-electron chi connectivity index (χ1n) is 5.37. The second-order valence-electron chi connectivity index (χ2n) is 4.15. The van der Waals surface area contributed by atoms with Crippen LogP contribution in [0, 0.1) is 0 Å². The standard InChI is InChI=1S/C10H21N3O2/c1-10(12-2,9(11)14)3-4-13-5-7-15-8-6-13/h12H,3-8H2,1-2H3,(H2,11,14). The molecular formula is C10H21N3O2. The van der Waals surface area contributed by atoms with Gasteiger partial charge in [-0.1, -0.05) is 0 Å². The summed E-state index contributed by atoms with van der Waals surface area (Å²) < 4.78 is 5.26. The van der Waals surface area contributed by atoms with Gasteiger partial charge in [-0.05, 0) is 20.4 Å². The van der Waals surface area contributed by atoms with E-state index in [-0.39, 0.29) is 5.91 Å². The van der Waals surface area contributed by atoms with Gasteiger partial charge in [0.05, 0.1) is 18.8 Å².